The topological polar surface area (TPSA) is 290 Å². The monoisotopic (exact) mass is 624 g/mol. The van der Waals surface area contributed by atoms with E-state index in [0.29, 0.717) is 25.9 Å². The normalized spacial score (nSPS) is 41.9. The first-order chi connectivity index (χ1) is 20.3. The Labute approximate surface area is 251 Å². The lowest BCUT2D eigenvalue weighted by Crippen LogP contribution is -2.69. The zero-order valence-corrected chi connectivity index (χ0v) is 24.8. The van der Waals surface area contributed by atoms with Crippen LogP contribution in [0.2, 0.25) is 0 Å². The number of nitrogens with two attached hydrogens (primary N) is 3. The van der Waals surface area contributed by atoms with Crippen LogP contribution < -0.4 is 33.2 Å². The van der Waals surface area contributed by atoms with Gasteiger partial charge in [-0.2, -0.15) is 0 Å². The van der Waals surface area contributed by atoms with E-state index in [2.05, 4.69) is 16.0 Å². The Morgan fingerprint density at radius 1 is 1.09 bits per heavy atom. The summed E-state index contributed by atoms with van der Waals surface area (Å²) in [6, 6.07) is -3.20. The van der Waals surface area contributed by atoms with E-state index in [4.69, 9.17) is 41.3 Å². The number of aliphatic hydroxyl groups excluding tert-OH is 5. The van der Waals surface area contributed by atoms with Gasteiger partial charge >= 0.3 is 0 Å². The average molecular weight is 625 g/mol. The van der Waals surface area contributed by atoms with Crippen molar-refractivity contribution in [3.8, 4) is 0 Å². The van der Waals surface area contributed by atoms with E-state index in [1.54, 1.807) is 7.05 Å². The molecule has 0 unspecified atom stereocenters. The number of amides is 1. The lowest BCUT2D eigenvalue weighted by atomic mass is 9.83. The molecular formula is C26H52N6O11. The van der Waals surface area contributed by atoms with Gasteiger partial charge in [0, 0.05) is 32.1 Å². The lowest BCUT2D eigenvalue weighted by molar-refractivity contribution is -0.307. The van der Waals surface area contributed by atoms with E-state index in [1.807, 2.05) is 0 Å². The highest BCUT2D eigenvalue weighted by atomic mass is 16.7. The highest BCUT2D eigenvalue weighted by Gasteiger charge is 2.52. The number of hydrogen-bond donors (Lipinski definition) is 12. The van der Waals surface area contributed by atoms with Gasteiger partial charge in [-0.25, -0.2) is 0 Å². The first kappa shape index (κ1) is 36.3. The summed E-state index contributed by atoms with van der Waals surface area (Å²) in [7, 11) is 1.56. The van der Waals surface area contributed by atoms with Crippen LogP contribution in [0.4, 0.5) is 0 Å². The number of ether oxygens (including phenoxy) is 4. The molecule has 3 rings (SSSR count). The van der Waals surface area contributed by atoms with Crippen molar-refractivity contribution < 1.29 is 54.4 Å². The fourth-order valence-corrected chi connectivity index (χ4v) is 5.85. The van der Waals surface area contributed by atoms with Crippen LogP contribution in [0, 0.1) is 0 Å². The minimum Gasteiger partial charge on any atom is -0.395 e. The summed E-state index contributed by atoms with van der Waals surface area (Å²) in [4.78, 5) is 12.8. The standard InChI is InChI=1S/C26H52N6O11/c1-26(39)11-40-25(19(37)22(26)30-2)43-21-16(32-23(38)17(35)7-12(34)9-27)8-15(29)20(18(21)36)42-24-14(28)4-3-13(41-24)10-31-5-6-33/h12-22,24-25,30-31,33-37,39H,3-11,27-29H2,1-2H3,(H,32,38)/t12-,13+,14-,15+,16-,17+,18+,19-,20-,21+,22-,24-,25-,26+/m1/s1. The summed E-state index contributed by atoms with van der Waals surface area (Å²) in [5.74, 6) is -0.845. The van der Waals surface area contributed by atoms with Gasteiger partial charge in [0.15, 0.2) is 12.6 Å². The number of rotatable bonds is 14. The van der Waals surface area contributed by atoms with Crippen molar-refractivity contribution in [2.75, 3.05) is 39.9 Å². The molecule has 14 atom stereocenters. The van der Waals surface area contributed by atoms with Gasteiger partial charge in [0.25, 0.3) is 0 Å². The fourth-order valence-electron chi connectivity index (χ4n) is 5.85. The van der Waals surface area contributed by atoms with Gasteiger partial charge in [0.1, 0.15) is 36.1 Å². The van der Waals surface area contributed by atoms with Crippen molar-refractivity contribution in [2.45, 2.75) is 118 Å². The van der Waals surface area contributed by atoms with Crippen molar-refractivity contribution in [3.63, 3.8) is 0 Å². The largest absolute Gasteiger partial charge is 0.395 e. The predicted octanol–water partition coefficient (Wildman–Crippen LogP) is -6.13. The van der Waals surface area contributed by atoms with E-state index in [9.17, 15) is 30.3 Å². The average Bonchev–Trinajstić information content (AvgIpc) is 2.95. The van der Waals surface area contributed by atoms with Crippen LogP contribution in [0.1, 0.15) is 32.6 Å². The smallest absolute Gasteiger partial charge is 0.249 e. The molecule has 43 heavy (non-hydrogen) atoms. The molecule has 1 saturated carbocycles. The number of nitrogens with one attached hydrogen (secondary N) is 3. The molecule has 2 aliphatic heterocycles. The number of carbonyl (C=O) groups is 1. The number of carbonyl (C=O) groups excluding carboxylic acids is 1. The van der Waals surface area contributed by atoms with Gasteiger partial charge in [0.2, 0.25) is 5.91 Å². The van der Waals surface area contributed by atoms with E-state index >= 15 is 0 Å². The van der Waals surface area contributed by atoms with E-state index in [-0.39, 0.29) is 38.7 Å². The maximum absolute atomic E-state index is 12.8. The molecule has 1 amide bonds. The fraction of sp³-hybridized carbons (Fsp3) is 0.962. The SMILES string of the molecule is CN[C@@H]1[C@@H](O)[C@@H](O[C@@H]2[C@@H](O)[C@H](O[C@H]3O[C@H](CNCCO)CC[C@H]3N)[C@@H](N)C[C@H]2NC(=O)[C@@H](O)C[C@@H](O)CN)OC[C@]1(C)O. The Hall–Kier alpha value is -1.13. The van der Waals surface area contributed by atoms with Gasteiger partial charge in [-0.15, -0.1) is 0 Å². The van der Waals surface area contributed by atoms with Gasteiger partial charge in [-0.05, 0) is 33.2 Å². The highest BCUT2D eigenvalue weighted by Crippen LogP contribution is 2.32. The van der Waals surface area contributed by atoms with Crippen LogP contribution in [0.3, 0.4) is 0 Å². The summed E-state index contributed by atoms with van der Waals surface area (Å²) in [5.41, 5.74) is 16.7. The molecule has 0 radical (unpaired) electrons. The van der Waals surface area contributed by atoms with Crippen LogP contribution in [0.15, 0.2) is 0 Å². The third-order valence-corrected chi connectivity index (χ3v) is 8.30. The molecule has 0 aromatic carbocycles. The van der Waals surface area contributed by atoms with Gasteiger partial charge < -0.3 is 82.7 Å². The molecule has 2 heterocycles. The summed E-state index contributed by atoms with van der Waals surface area (Å²) in [6.07, 6.45) is -9.48. The van der Waals surface area contributed by atoms with E-state index in [0.717, 1.165) is 0 Å². The predicted molar refractivity (Wildman–Crippen MR) is 151 cm³/mol. The lowest BCUT2D eigenvalue weighted by Gasteiger charge is -2.49. The summed E-state index contributed by atoms with van der Waals surface area (Å²) in [6.45, 7) is 1.97. The summed E-state index contributed by atoms with van der Waals surface area (Å²) >= 11 is 0. The van der Waals surface area contributed by atoms with Crippen LogP contribution >= 0.6 is 0 Å². The van der Waals surface area contributed by atoms with Crippen molar-refractivity contribution in [2.24, 2.45) is 17.2 Å². The third kappa shape index (κ3) is 9.44. The van der Waals surface area contributed by atoms with Gasteiger partial charge in [0.05, 0.1) is 43.5 Å². The van der Waals surface area contributed by atoms with Crippen molar-refractivity contribution in [1.82, 2.24) is 16.0 Å². The second kappa shape index (κ2) is 16.4. The van der Waals surface area contributed by atoms with Crippen LogP contribution in [-0.2, 0) is 23.7 Å². The Morgan fingerprint density at radius 3 is 2.44 bits per heavy atom. The summed E-state index contributed by atoms with van der Waals surface area (Å²) in [5, 5.41) is 70.8. The first-order valence-electron chi connectivity index (χ1n) is 14.9. The van der Waals surface area contributed by atoms with Gasteiger partial charge in [-0.1, -0.05) is 0 Å². The number of aliphatic hydroxyl groups is 6. The van der Waals surface area contributed by atoms with Crippen LogP contribution in [-0.4, -0.2) is 162 Å². The molecule has 0 aromatic rings. The third-order valence-electron chi connectivity index (χ3n) is 8.30. The maximum Gasteiger partial charge on any atom is 0.249 e. The molecule has 0 spiro atoms. The van der Waals surface area contributed by atoms with Crippen molar-refractivity contribution >= 4 is 5.91 Å². The van der Waals surface area contributed by atoms with Gasteiger partial charge in [-0.3, -0.25) is 4.79 Å². The molecule has 3 aliphatic rings. The Balaban J connectivity index is 1.79. The second-order valence-corrected chi connectivity index (χ2v) is 11.9. The quantitative estimate of drug-likeness (QED) is 0.0800. The molecule has 17 nitrogen and oxygen atoms in total. The van der Waals surface area contributed by atoms with Crippen LogP contribution in [0.5, 0.6) is 0 Å². The number of hydrogen-bond acceptors (Lipinski definition) is 16. The molecule has 17 heteroatoms. The Bertz CT molecular complexity index is 862. The minimum absolute atomic E-state index is 0.0176. The molecule has 15 N–H and O–H groups in total. The molecule has 2 saturated heterocycles. The molecule has 0 aromatic heterocycles. The molecular weight excluding hydrogens is 572 g/mol. The van der Waals surface area contributed by atoms with E-state index in [1.165, 1.54) is 6.92 Å². The van der Waals surface area contributed by atoms with Crippen molar-refractivity contribution in [1.29, 1.82) is 0 Å². The minimum atomic E-state index is -1.60. The number of likely N-dealkylation sites (N-methyl/N-ethyl adjacent to an activating group) is 1. The van der Waals surface area contributed by atoms with Crippen molar-refractivity contribution in [3.05, 3.63) is 0 Å². The first-order valence-corrected chi connectivity index (χ1v) is 14.9. The molecule has 3 fully saturated rings. The summed E-state index contributed by atoms with van der Waals surface area (Å²) < 4.78 is 23.9. The maximum atomic E-state index is 12.8. The molecule has 0 bridgehead atoms. The zero-order chi connectivity index (χ0) is 31.9. The molecule has 252 valence electrons. The molecule has 1 aliphatic carbocycles. The zero-order valence-electron chi connectivity index (χ0n) is 24.8. The highest BCUT2D eigenvalue weighted by molar-refractivity contribution is 5.80. The second-order valence-electron chi connectivity index (χ2n) is 11.9. The van der Waals surface area contributed by atoms with E-state index < -0.39 is 84.9 Å². The Kier molecular flexibility index (Phi) is 13.9. The van der Waals surface area contributed by atoms with Crippen LogP contribution in [0.25, 0.3) is 0 Å². The Morgan fingerprint density at radius 2 is 1.79 bits per heavy atom.